The second kappa shape index (κ2) is 8.01. The van der Waals surface area contributed by atoms with Crippen molar-refractivity contribution < 1.29 is 19.1 Å². The predicted molar refractivity (Wildman–Crippen MR) is 118 cm³/mol. The lowest BCUT2D eigenvalue weighted by molar-refractivity contribution is -0.124. The number of nitrogens with one attached hydrogen (secondary N) is 2. The first-order valence-electron chi connectivity index (χ1n) is 10.6. The Balaban J connectivity index is 1.46. The molecule has 33 heavy (non-hydrogen) atoms. The molecule has 0 unspecified atom stereocenters. The fourth-order valence-electron chi connectivity index (χ4n) is 4.28. The highest BCUT2D eigenvalue weighted by Gasteiger charge is 2.50. The molecule has 0 saturated carbocycles. The summed E-state index contributed by atoms with van der Waals surface area (Å²) in [4.78, 5) is 48.2. The molecule has 0 aliphatic carbocycles. The molecule has 1 fully saturated rings. The number of imide groups is 1. The highest BCUT2D eigenvalue weighted by molar-refractivity contribution is 6.08. The van der Waals surface area contributed by atoms with Crippen molar-refractivity contribution in [3.05, 3.63) is 77.7 Å². The van der Waals surface area contributed by atoms with Gasteiger partial charge in [-0.3, -0.25) is 24.9 Å². The van der Waals surface area contributed by atoms with Crippen molar-refractivity contribution in [1.82, 2.24) is 25.5 Å². The first kappa shape index (κ1) is 20.6. The van der Waals surface area contributed by atoms with Gasteiger partial charge in [-0.25, -0.2) is 4.79 Å². The molecule has 1 saturated heterocycles. The second-order valence-electron chi connectivity index (χ2n) is 7.89. The summed E-state index contributed by atoms with van der Waals surface area (Å²) in [5.41, 5.74) is 2.06. The molecule has 5 rings (SSSR count). The topological polar surface area (TPSA) is 114 Å². The van der Waals surface area contributed by atoms with Gasteiger partial charge in [0.2, 0.25) is 0 Å². The van der Waals surface area contributed by atoms with Gasteiger partial charge in [0.05, 0.1) is 25.0 Å². The van der Waals surface area contributed by atoms with Crippen LogP contribution in [0.15, 0.2) is 61.1 Å². The summed E-state index contributed by atoms with van der Waals surface area (Å²) in [6.07, 6.45) is 4.84. The van der Waals surface area contributed by atoms with Crippen LogP contribution in [0.5, 0.6) is 5.75 Å². The van der Waals surface area contributed by atoms with Crippen LogP contribution < -0.4 is 15.4 Å². The van der Waals surface area contributed by atoms with E-state index in [0.717, 1.165) is 11.1 Å². The van der Waals surface area contributed by atoms with Crippen LogP contribution in [-0.4, -0.2) is 45.9 Å². The van der Waals surface area contributed by atoms with E-state index in [0.29, 0.717) is 35.7 Å². The number of ether oxygens (including phenoxy) is 1. The van der Waals surface area contributed by atoms with Gasteiger partial charge in [-0.05, 0) is 30.2 Å². The van der Waals surface area contributed by atoms with Crippen LogP contribution in [0.4, 0.5) is 4.79 Å². The van der Waals surface area contributed by atoms with Crippen molar-refractivity contribution >= 4 is 17.8 Å². The van der Waals surface area contributed by atoms with Gasteiger partial charge in [0.15, 0.2) is 5.54 Å². The van der Waals surface area contributed by atoms with Crippen LogP contribution in [0.2, 0.25) is 0 Å². The molecule has 2 aliphatic heterocycles. The van der Waals surface area contributed by atoms with E-state index in [-0.39, 0.29) is 12.5 Å². The molecule has 0 radical (unpaired) electrons. The summed E-state index contributed by atoms with van der Waals surface area (Å²) in [7, 11) is 0. The number of aromatic nitrogens is 2. The summed E-state index contributed by atoms with van der Waals surface area (Å²) in [6, 6.07) is 11.9. The molecule has 1 atom stereocenters. The maximum atomic E-state index is 13.2. The quantitative estimate of drug-likeness (QED) is 0.565. The monoisotopic (exact) mass is 443 g/mol. The molecule has 166 valence electrons. The average Bonchev–Trinajstić information content (AvgIpc) is 3.30. The lowest BCUT2D eigenvalue weighted by Crippen LogP contribution is -2.52. The Kier molecular flexibility index (Phi) is 5.01. The maximum Gasteiger partial charge on any atom is 0.322 e. The van der Waals surface area contributed by atoms with Crippen molar-refractivity contribution in [2.75, 3.05) is 13.2 Å². The van der Waals surface area contributed by atoms with Crippen molar-refractivity contribution in [3.8, 4) is 17.0 Å². The summed E-state index contributed by atoms with van der Waals surface area (Å²) in [6.45, 7) is 2.70. The highest BCUT2D eigenvalue weighted by Crippen LogP contribution is 2.33. The number of hydrogen-bond acceptors (Lipinski definition) is 6. The number of nitrogens with zero attached hydrogens (tertiary/aromatic N) is 3. The summed E-state index contributed by atoms with van der Waals surface area (Å²) in [5.74, 6) is -0.0951. The molecule has 0 bridgehead atoms. The molecule has 0 spiro atoms. The van der Waals surface area contributed by atoms with Crippen molar-refractivity contribution in [2.45, 2.75) is 19.0 Å². The van der Waals surface area contributed by atoms with Gasteiger partial charge in [0.1, 0.15) is 5.75 Å². The fourth-order valence-corrected chi connectivity index (χ4v) is 4.28. The number of fused-ring (bicyclic) bond motifs is 1. The zero-order chi connectivity index (χ0) is 23.0. The number of carbonyl (C=O) groups is 3. The molecule has 4 amide bonds. The molecule has 2 N–H and O–H groups in total. The van der Waals surface area contributed by atoms with Gasteiger partial charge < -0.3 is 15.0 Å². The Morgan fingerprint density at radius 1 is 1.09 bits per heavy atom. The smallest absolute Gasteiger partial charge is 0.322 e. The van der Waals surface area contributed by atoms with E-state index in [1.807, 2.05) is 31.2 Å². The number of amides is 4. The Labute approximate surface area is 189 Å². The third-order valence-corrected chi connectivity index (χ3v) is 5.88. The Bertz CT molecular complexity index is 1250. The Hall–Kier alpha value is -4.27. The Morgan fingerprint density at radius 2 is 1.91 bits per heavy atom. The molecule has 9 heteroatoms. The van der Waals surface area contributed by atoms with Crippen LogP contribution in [0.3, 0.4) is 0 Å². The maximum absolute atomic E-state index is 13.2. The van der Waals surface area contributed by atoms with E-state index in [9.17, 15) is 14.4 Å². The molecule has 1 aromatic heterocycles. The molecule has 9 nitrogen and oxygen atoms in total. The molecular formula is C24H21N5O4. The highest BCUT2D eigenvalue weighted by atomic mass is 16.5. The minimum atomic E-state index is -1.40. The fraction of sp³-hybridized carbons (Fsp3) is 0.208. The number of rotatable bonds is 6. The van der Waals surface area contributed by atoms with E-state index >= 15 is 0 Å². The van der Waals surface area contributed by atoms with Gasteiger partial charge in [-0.15, -0.1) is 0 Å². The van der Waals surface area contributed by atoms with Gasteiger partial charge in [-0.2, -0.15) is 0 Å². The SMILES string of the molecule is CCOc1ccc2c(c1)C(=O)N(C[C@@]1(c3ccc(-c4cnccn4)cc3)NC(=O)NC1=O)C2. The third kappa shape index (κ3) is 3.57. The average molecular weight is 443 g/mol. The minimum absolute atomic E-state index is 0.00740. The lowest BCUT2D eigenvalue weighted by atomic mass is 9.88. The van der Waals surface area contributed by atoms with E-state index in [1.165, 1.54) is 0 Å². The van der Waals surface area contributed by atoms with Crippen LogP contribution in [0.1, 0.15) is 28.4 Å². The minimum Gasteiger partial charge on any atom is -0.494 e. The van der Waals surface area contributed by atoms with Crippen LogP contribution in [0, 0.1) is 0 Å². The molecule has 2 aromatic carbocycles. The summed E-state index contributed by atoms with van der Waals surface area (Å²) in [5, 5.41) is 5.07. The van der Waals surface area contributed by atoms with Crippen LogP contribution in [0.25, 0.3) is 11.3 Å². The third-order valence-electron chi connectivity index (χ3n) is 5.88. The Morgan fingerprint density at radius 3 is 2.58 bits per heavy atom. The largest absolute Gasteiger partial charge is 0.494 e. The molecule has 2 aliphatic rings. The number of urea groups is 1. The van der Waals surface area contributed by atoms with Crippen LogP contribution in [-0.2, 0) is 16.9 Å². The number of hydrogen-bond donors (Lipinski definition) is 2. The van der Waals surface area contributed by atoms with Crippen molar-refractivity contribution in [3.63, 3.8) is 0 Å². The molecular weight excluding hydrogens is 422 g/mol. The first-order chi connectivity index (χ1) is 16.0. The van der Waals surface area contributed by atoms with E-state index in [1.54, 1.807) is 41.7 Å². The molecule has 3 aromatic rings. The predicted octanol–water partition coefficient (Wildman–Crippen LogP) is 2.23. The van der Waals surface area contributed by atoms with Crippen molar-refractivity contribution in [2.24, 2.45) is 0 Å². The summed E-state index contributed by atoms with van der Waals surface area (Å²) >= 11 is 0. The second-order valence-corrected chi connectivity index (χ2v) is 7.89. The van der Waals surface area contributed by atoms with Crippen LogP contribution >= 0.6 is 0 Å². The first-order valence-corrected chi connectivity index (χ1v) is 10.6. The number of benzene rings is 2. The van der Waals surface area contributed by atoms with Gasteiger partial charge in [-0.1, -0.05) is 30.3 Å². The van der Waals surface area contributed by atoms with Crippen molar-refractivity contribution in [1.29, 1.82) is 0 Å². The summed E-state index contributed by atoms with van der Waals surface area (Å²) < 4.78 is 5.51. The van der Waals surface area contributed by atoms with E-state index in [2.05, 4.69) is 20.6 Å². The molecule has 3 heterocycles. The van der Waals surface area contributed by atoms with E-state index < -0.39 is 17.5 Å². The normalized spacial score (nSPS) is 19.3. The van der Waals surface area contributed by atoms with Gasteiger partial charge in [0.25, 0.3) is 11.8 Å². The van der Waals surface area contributed by atoms with Gasteiger partial charge >= 0.3 is 6.03 Å². The zero-order valence-electron chi connectivity index (χ0n) is 17.9. The van der Waals surface area contributed by atoms with E-state index in [4.69, 9.17) is 4.74 Å². The zero-order valence-corrected chi connectivity index (χ0v) is 17.9. The van der Waals surface area contributed by atoms with Gasteiger partial charge in [0, 0.05) is 30.1 Å². The number of carbonyl (C=O) groups excluding carboxylic acids is 3. The standard InChI is InChI=1S/C24H21N5O4/c1-2-33-18-8-5-16-13-29(21(30)19(16)11-18)14-24(22(31)27-23(32)28-24)17-6-3-15(4-7-17)20-12-25-9-10-26-20/h3-12H,2,13-14H2,1H3,(H2,27,28,31,32)/t24-/m0/s1. The lowest BCUT2D eigenvalue weighted by Gasteiger charge is -2.31.